The van der Waals surface area contributed by atoms with Crippen molar-refractivity contribution in [3.63, 3.8) is 0 Å². The molecule has 12 heteroatoms. The lowest BCUT2D eigenvalue weighted by atomic mass is 9.82. The van der Waals surface area contributed by atoms with E-state index >= 15 is 0 Å². The van der Waals surface area contributed by atoms with Gasteiger partial charge in [0.1, 0.15) is 24.3 Å². The van der Waals surface area contributed by atoms with Crippen molar-refractivity contribution in [2.75, 3.05) is 26.5 Å². The van der Waals surface area contributed by atoms with Crippen LogP contribution in [0.4, 0.5) is 0 Å². The average molecular weight is 587 g/mol. The van der Waals surface area contributed by atoms with Crippen LogP contribution in [0.15, 0.2) is 35.3 Å². The van der Waals surface area contributed by atoms with Crippen LogP contribution < -0.4 is 9.46 Å². The summed E-state index contributed by atoms with van der Waals surface area (Å²) in [5.74, 6) is 0.784. The van der Waals surface area contributed by atoms with Crippen LogP contribution in [0, 0.1) is 0 Å². The molecule has 2 saturated heterocycles. The number of halogens is 1. The number of Topliss-reactive ketones (excluding diaryl/α,β-unsaturated/α-hetero) is 1. The zero-order chi connectivity index (χ0) is 28.0. The quantitative estimate of drug-likeness (QED) is 0.404. The van der Waals surface area contributed by atoms with Gasteiger partial charge in [-0.15, -0.1) is 0 Å². The van der Waals surface area contributed by atoms with E-state index in [1.807, 2.05) is 18.2 Å². The van der Waals surface area contributed by atoms with E-state index in [0.717, 1.165) is 31.2 Å². The summed E-state index contributed by atoms with van der Waals surface area (Å²) in [6.45, 7) is 0.285. The number of aromatic amines is 1. The van der Waals surface area contributed by atoms with Gasteiger partial charge in [-0.05, 0) is 43.2 Å². The third-order valence-corrected chi connectivity index (χ3v) is 8.90. The fourth-order valence-electron chi connectivity index (χ4n) is 5.96. The van der Waals surface area contributed by atoms with Crippen LogP contribution in [0.5, 0.6) is 5.88 Å². The van der Waals surface area contributed by atoms with Gasteiger partial charge in [-0.25, -0.2) is 18.1 Å². The summed E-state index contributed by atoms with van der Waals surface area (Å²) in [7, 11) is -1.51. The molecule has 3 aliphatic rings. The number of nitrogens with one attached hydrogen (secondary N) is 2. The lowest BCUT2D eigenvalue weighted by molar-refractivity contribution is -0.125. The summed E-state index contributed by atoms with van der Waals surface area (Å²) in [4.78, 5) is 24.3. The van der Waals surface area contributed by atoms with E-state index < -0.39 is 28.3 Å². The molecular formula is C28H31ClN4O6S. The molecule has 3 fully saturated rings. The highest BCUT2D eigenvalue weighted by Crippen LogP contribution is 2.37. The predicted molar refractivity (Wildman–Crippen MR) is 152 cm³/mol. The monoisotopic (exact) mass is 586 g/mol. The first kappa shape index (κ1) is 27.3. The molecule has 1 aromatic carbocycles. The summed E-state index contributed by atoms with van der Waals surface area (Å²) < 4.78 is 43.3. The first-order chi connectivity index (χ1) is 19.2. The minimum Gasteiger partial charge on any atom is -0.470 e. The fourth-order valence-corrected chi connectivity index (χ4v) is 7.06. The summed E-state index contributed by atoms with van der Waals surface area (Å²) in [6, 6.07) is 10.1. The van der Waals surface area contributed by atoms with Gasteiger partial charge in [-0.2, -0.15) is 0 Å². The number of hydrogen-bond donors (Lipinski definition) is 2. The molecule has 0 radical (unpaired) electrons. The number of pyridine rings is 1. The van der Waals surface area contributed by atoms with E-state index in [1.54, 1.807) is 13.3 Å². The van der Waals surface area contributed by atoms with Gasteiger partial charge in [0.25, 0.3) is 0 Å². The second-order valence-electron chi connectivity index (χ2n) is 10.7. The number of hydrogen-bond acceptors (Lipinski definition) is 8. The van der Waals surface area contributed by atoms with Gasteiger partial charge in [0.05, 0.1) is 34.7 Å². The van der Waals surface area contributed by atoms with Crippen LogP contribution in [-0.4, -0.2) is 81.3 Å². The molecule has 6 rings (SSSR count). The van der Waals surface area contributed by atoms with Crippen molar-refractivity contribution in [2.24, 2.45) is 4.99 Å². The normalized spacial score (nSPS) is 27.1. The van der Waals surface area contributed by atoms with Crippen molar-refractivity contribution in [1.82, 2.24) is 14.7 Å². The second-order valence-corrected chi connectivity index (χ2v) is 12.9. The van der Waals surface area contributed by atoms with Gasteiger partial charge in [-0.1, -0.05) is 35.9 Å². The Balaban J connectivity index is 1.23. The summed E-state index contributed by atoms with van der Waals surface area (Å²) in [5, 5.41) is 0.495. The third-order valence-electron chi connectivity index (χ3n) is 7.86. The summed E-state index contributed by atoms with van der Waals surface area (Å²) >= 11 is 6.70. The van der Waals surface area contributed by atoms with Crippen LogP contribution in [-0.2, 0) is 24.3 Å². The highest BCUT2D eigenvalue weighted by molar-refractivity contribution is 7.88. The maximum Gasteiger partial charge on any atom is 0.208 e. The number of aliphatic imine (C=N–C) groups is 1. The smallest absolute Gasteiger partial charge is 0.208 e. The number of aromatic nitrogens is 2. The van der Waals surface area contributed by atoms with Gasteiger partial charge >= 0.3 is 0 Å². The maximum atomic E-state index is 12.0. The topological polar surface area (TPSA) is 132 Å². The zero-order valence-corrected chi connectivity index (χ0v) is 23.8. The number of carbonyl (C=O) groups is 1. The van der Waals surface area contributed by atoms with Gasteiger partial charge in [0.2, 0.25) is 15.9 Å². The highest BCUT2D eigenvalue weighted by atomic mass is 35.5. The Kier molecular flexibility index (Phi) is 7.43. The molecule has 0 bridgehead atoms. The Hall–Kier alpha value is -2.83. The van der Waals surface area contributed by atoms with E-state index in [4.69, 9.17) is 30.8 Å². The Morgan fingerprint density at radius 2 is 1.93 bits per heavy atom. The van der Waals surface area contributed by atoms with Crippen molar-refractivity contribution in [3.05, 3.63) is 46.5 Å². The molecule has 0 spiro atoms. The molecule has 1 unspecified atom stereocenters. The van der Waals surface area contributed by atoms with Crippen LogP contribution in [0.3, 0.4) is 0 Å². The summed E-state index contributed by atoms with van der Waals surface area (Å²) in [5.41, 5.74) is 4.80. The molecule has 3 atom stereocenters. The van der Waals surface area contributed by atoms with E-state index in [9.17, 15) is 13.2 Å². The number of fused-ring (bicyclic) bond motifs is 2. The Bertz CT molecular complexity index is 1560. The first-order valence-electron chi connectivity index (χ1n) is 13.3. The molecule has 4 heterocycles. The number of ether oxygens (including phenoxy) is 3. The largest absolute Gasteiger partial charge is 0.470 e. The Labute approximate surface area is 237 Å². The minimum atomic E-state index is -3.19. The number of ketones is 1. The SMILES string of the molecule is CN=Cc1c(O[C@@H]2COC3C(=O)CO[C@@H]32)[nH]c2cc(Cl)c(-c3ccc(C4CCC(NS(C)(=O)=O)CC4)cc3)nc12. The lowest BCUT2D eigenvalue weighted by Crippen LogP contribution is -2.36. The lowest BCUT2D eigenvalue weighted by Gasteiger charge is -2.29. The third kappa shape index (κ3) is 5.40. The number of sulfonamides is 1. The molecule has 3 aromatic rings. The van der Waals surface area contributed by atoms with Gasteiger partial charge in [-0.3, -0.25) is 9.79 Å². The summed E-state index contributed by atoms with van der Waals surface area (Å²) in [6.07, 6.45) is 4.92. The van der Waals surface area contributed by atoms with Gasteiger partial charge < -0.3 is 19.2 Å². The van der Waals surface area contributed by atoms with Crippen molar-refractivity contribution in [3.8, 4) is 17.1 Å². The number of H-pyrrole nitrogens is 1. The molecule has 2 aromatic heterocycles. The van der Waals surface area contributed by atoms with Crippen LogP contribution in [0.1, 0.15) is 42.7 Å². The molecule has 0 amide bonds. The van der Waals surface area contributed by atoms with E-state index in [-0.39, 0.29) is 25.0 Å². The standard InChI is InChI=1S/C28H31ClN4O6S/c1-30-12-19-25-21(31-28(19)39-23-14-38-26-22(34)13-37-27(23)26)11-20(29)24(32-25)17-5-3-15(4-6-17)16-7-9-18(10-8-16)33-40(2,35)36/h3-6,11-12,16,18,23,26-27,31,33H,7-10,13-14H2,1-2H3/t16?,18?,23-,26?,27-/m1/s1. The number of carbonyl (C=O) groups excluding carboxylic acids is 1. The van der Waals surface area contributed by atoms with Crippen molar-refractivity contribution >= 4 is 44.7 Å². The molecular weight excluding hydrogens is 556 g/mol. The molecule has 1 saturated carbocycles. The van der Waals surface area contributed by atoms with Crippen molar-refractivity contribution in [1.29, 1.82) is 0 Å². The Morgan fingerprint density at radius 1 is 1.18 bits per heavy atom. The molecule has 1 aliphatic carbocycles. The van der Waals surface area contributed by atoms with Crippen molar-refractivity contribution in [2.45, 2.75) is 56.0 Å². The number of nitrogens with zero attached hydrogens (tertiary/aromatic N) is 2. The van der Waals surface area contributed by atoms with E-state index in [2.05, 4.69) is 26.8 Å². The maximum absolute atomic E-state index is 12.0. The molecule has 2 N–H and O–H groups in total. The second kappa shape index (κ2) is 10.9. The zero-order valence-electron chi connectivity index (χ0n) is 22.2. The fraction of sp³-hybridized carbons (Fsp3) is 0.464. The van der Waals surface area contributed by atoms with Crippen molar-refractivity contribution < 1.29 is 27.4 Å². The molecule has 40 heavy (non-hydrogen) atoms. The van der Waals surface area contributed by atoms with Crippen LogP contribution in [0.25, 0.3) is 22.3 Å². The average Bonchev–Trinajstić information content (AvgIpc) is 3.59. The van der Waals surface area contributed by atoms with Crippen LogP contribution >= 0.6 is 11.6 Å². The van der Waals surface area contributed by atoms with E-state index in [1.165, 1.54) is 11.8 Å². The highest BCUT2D eigenvalue weighted by Gasteiger charge is 2.48. The van der Waals surface area contributed by atoms with E-state index in [0.29, 0.717) is 39.1 Å². The number of rotatable bonds is 7. The van der Waals surface area contributed by atoms with Gasteiger partial charge in [0.15, 0.2) is 11.9 Å². The van der Waals surface area contributed by atoms with Crippen LogP contribution in [0.2, 0.25) is 5.02 Å². The first-order valence-corrected chi connectivity index (χ1v) is 15.6. The molecule has 212 valence electrons. The Morgan fingerprint density at radius 3 is 2.62 bits per heavy atom. The number of benzene rings is 1. The molecule has 10 nitrogen and oxygen atoms in total. The minimum absolute atomic E-state index is 0.00661. The van der Waals surface area contributed by atoms with Gasteiger partial charge in [0, 0.05) is 24.9 Å². The predicted octanol–water partition coefficient (Wildman–Crippen LogP) is 3.62. The molecule has 2 aliphatic heterocycles.